The van der Waals surface area contributed by atoms with Crippen LogP contribution in [0.4, 0.5) is 0 Å². The van der Waals surface area contributed by atoms with Crippen molar-refractivity contribution in [3.63, 3.8) is 0 Å². The molecule has 3 fully saturated rings. The van der Waals surface area contributed by atoms with Gasteiger partial charge >= 0.3 is 0 Å². The van der Waals surface area contributed by atoms with Crippen LogP contribution in [0.3, 0.4) is 0 Å². The van der Waals surface area contributed by atoms with Gasteiger partial charge in [-0.15, -0.1) is 0 Å². The maximum absolute atomic E-state index is 12.6. The zero-order chi connectivity index (χ0) is 15.8. The van der Waals surface area contributed by atoms with Gasteiger partial charge < -0.3 is 19.1 Å². The predicted octanol–water partition coefficient (Wildman–Crippen LogP) is 0.906. The van der Waals surface area contributed by atoms with Gasteiger partial charge in [-0.1, -0.05) is 0 Å². The lowest BCUT2D eigenvalue weighted by Crippen LogP contribution is -2.39. The van der Waals surface area contributed by atoms with Crippen LogP contribution >= 0.6 is 0 Å². The van der Waals surface area contributed by atoms with Gasteiger partial charge in [0.05, 0.1) is 12.2 Å². The van der Waals surface area contributed by atoms with Crippen LogP contribution in [-0.4, -0.2) is 72.3 Å². The van der Waals surface area contributed by atoms with Gasteiger partial charge in [-0.2, -0.15) is 0 Å². The minimum Gasteiger partial charge on any atom is -0.459 e. The number of hydrogen-bond acceptors (Lipinski definition) is 4. The van der Waals surface area contributed by atoms with E-state index in [0.717, 1.165) is 19.6 Å². The first-order valence-corrected chi connectivity index (χ1v) is 8.56. The Morgan fingerprint density at radius 3 is 2.70 bits per heavy atom. The van der Waals surface area contributed by atoms with Crippen LogP contribution < -0.4 is 0 Å². The van der Waals surface area contributed by atoms with Crippen LogP contribution in [0, 0.1) is 11.8 Å². The maximum atomic E-state index is 12.6. The minimum atomic E-state index is -0.0965. The fraction of sp³-hybridized carbons (Fsp3) is 0.647. The number of carbonyl (C=O) groups is 2. The molecule has 0 aromatic carbocycles. The molecule has 3 saturated heterocycles. The Balaban J connectivity index is 1.32. The molecule has 6 heteroatoms. The molecule has 0 radical (unpaired) electrons. The van der Waals surface area contributed by atoms with Crippen molar-refractivity contribution in [2.24, 2.45) is 11.8 Å². The molecule has 0 N–H and O–H groups in total. The second-order valence-corrected chi connectivity index (χ2v) is 6.89. The van der Waals surface area contributed by atoms with E-state index < -0.39 is 0 Å². The van der Waals surface area contributed by atoms with Crippen molar-refractivity contribution in [2.45, 2.75) is 12.8 Å². The summed E-state index contributed by atoms with van der Waals surface area (Å²) < 4.78 is 5.18. The predicted molar refractivity (Wildman–Crippen MR) is 83.8 cm³/mol. The van der Waals surface area contributed by atoms with Crippen LogP contribution in [0.1, 0.15) is 23.4 Å². The number of carbonyl (C=O) groups excluding carboxylic acids is 2. The summed E-state index contributed by atoms with van der Waals surface area (Å²) in [6.07, 6.45) is 4.07. The Labute approximate surface area is 136 Å². The van der Waals surface area contributed by atoms with Crippen LogP contribution in [0.5, 0.6) is 0 Å². The van der Waals surface area contributed by atoms with Crippen molar-refractivity contribution in [3.8, 4) is 0 Å². The zero-order valence-corrected chi connectivity index (χ0v) is 13.3. The summed E-state index contributed by atoms with van der Waals surface area (Å²) in [4.78, 5) is 31.1. The molecule has 2 atom stereocenters. The smallest absolute Gasteiger partial charge is 0.289 e. The van der Waals surface area contributed by atoms with E-state index in [1.165, 1.54) is 32.2 Å². The van der Waals surface area contributed by atoms with E-state index in [2.05, 4.69) is 4.90 Å². The Kier molecular flexibility index (Phi) is 3.85. The highest BCUT2D eigenvalue weighted by atomic mass is 16.3. The van der Waals surface area contributed by atoms with Gasteiger partial charge in [-0.05, 0) is 38.1 Å². The number of rotatable bonds is 4. The molecule has 1 aromatic rings. The van der Waals surface area contributed by atoms with Gasteiger partial charge in [-0.25, -0.2) is 0 Å². The lowest BCUT2D eigenvalue weighted by molar-refractivity contribution is -0.131. The number of hydrogen-bond donors (Lipinski definition) is 0. The quantitative estimate of drug-likeness (QED) is 0.828. The first-order valence-electron chi connectivity index (χ1n) is 8.56. The largest absolute Gasteiger partial charge is 0.459 e. The van der Waals surface area contributed by atoms with Gasteiger partial charge in [0.25, 0.3) is 5.91 Å². The van der Waals surface area contributed by atoms with Crippen LogP contribution in [-0.2, 0) is 4.79 Å². The Bertz CT molecular complexity index is 580. The number of amides is 2. The molecule has 0 saturated carbocycles. The number of furan rings is 1. The summed E-state index contributed by atoms with van der Waals surface area (Å²) in [5.74, 6) is 0.751. The molecule has 3 aliphatic rings. The van der Waals surface area contributed by atoms with E-state index in [-0.39, 0.29) is 23.7 Å². The second-order valence-electron chi connectivity index (χ2n) is 6.89. The summed E-state index contributed by atoms with van der Waals surface area (Å²) in [5.41, 5.74) is 0. The highest BCUT2D eigenvalue weighted by Gasteiger charge is 2.47. The summed E-state index contributed by atoms with van der Waals surface area (Å²) in [5, 5.41) is 0. The highest BCUT2D eigenvalue weighted by Crippen LogP contribution is 2.33. The summed E-state index contributed by atoms with van der Waals surface area (Å²) >= 11 is 0. The lowest BCUT2D eigenvalue weighted by Gasteiger charge is -2.23. The average molecular weight is 317 g/mol. The molecule has 23 heavy (non-hydrogen) atoms. The van der Waals surface area contributed by atoms with E-state index in [9.17, 15) is 9.59 Å². The third-order valence-corrected chi connectivity index (χ3v) is 5.43. The molecule has 1 aromatic heterocycles. The maximum Gasteiger partial charge on any atom is 0.289 e. The van der Waals surface area contributed by atoms with Gasteiger partial charge in [0.2, 0.25) is 5.91 Å². The van der Waals surface area contributed by atoms with E-state index in [0.29, 0.717) is 18.8 Å². The Morgan fingerprint density at radius 1 is 1.17 bits per heavy atom. The zero-order valence-electron chi connectivity index (χ0n) is 13.3. The van der Waals surface area contributed by atoms with Gasteiger partial charge in [0.15, 0.2) is 5.76 Å². The van der Waals surface area contributed by atoms with Crippen molar-refractivity contribution >= 4 is 11.8 Å². The normalized spacial score (nSPS) is 27.9. The summed E-state index contributed by atoms with van der Waals surface area (Å²) in [6.45, 7) is 6.14. The molecule has 6 nitrogen and oxygen atoms in total. The third-order valence-electron chi connectivity index (χ3n) is 5.43. The van der Waals surface area contributed by atoms with E-state index in [4.69, 9.17) is 4.42 Å². The van der Waals surface area contributed by atoms with Gasteiger partial charge in [-0.3, -0.25) is 9.59 Å². The van der Waals surface area contributed by atoms with Crippen molar-refractivity contribution in [1.82, 2.24) is 14.7 Å². The molecule has 2 amide bonds. The van der Waals surface area contributed by atoms with Crippen molar-refractivity contribution in [1.29, 1.82) is 0 Å². The SMILES string of the molecule is O=C(c1ccco1)N1C[C@H]2CN(CCN3CCCC3)C(=O)[C@H]2C1. The van der Waals surface area contributed by atoms with Crippen molar-refractivity contribution in [2.75, 3.05) is 45.8 Å². The molecular formula is C17H23N3O3. The fourth-order valence-corrected chi connectivity index (χ4v) is 4.14. The minimum absolute atomic E-state index is 0.0208. The first kappa shape index (κ1) is 14.8. The van der Waals surface area contributed by atoms with Crippen molar-refractivity contribution < 1.29 is 14.0 Å². The molecule has 4 heterocycles. The van der Waals surface area contributed by atoms with Crippen molar-refractivity contribution in [3.05, 3.63) is 24.2 Å². The van der Waals surface area contributed by atoms with Gasteiger partial charge in [0.1, 0.15) is 0 Å². The Morgan fingerprint density at radius 2 is 2.00 bits per heavy atom. The molecule has 0 aliphatic carbocycles. The number of fused-ring (bicyclic) bond motifs is 1. The molecular weight excluding hydrogens is 294 g/mol. The standard InChI is InChI=1S/C17H23N3O3/c21-16-14-12-20(17(22)15-4-3-9-23-15)11-13(14)10-19(16)8-7-18-5-1-2-6-18/h3-4,9,13-14H,1-2,5-8,10-12H2/t13-,14+/m1/s1. The number of likely N-dealkylation sites (tertiary alicyclic amines) is 3. The molecule has 0 bridgehead atoms. The molecule has 0 spiro atoms. The fourth-order valence-electron chi connectivity index (χ4n) is 4.14. The number of nitrogens with zero attached hydrogens (tertiary/aromatic N) is 3. The monoisotopic (exact) mass is 317 g/mol. The van der Waals surface area contributed by atoms with E-state index in [1.807, 2.05) is 4.90 Å². The van der Waals surface area contributed by atoms with E-state index >= 15 is 0 Å². The molecule has 4 rings (SSSR count). The van der Waals surface area contributed by atoms with Gasteiger partial charge in [0, 0.05) is 38.6 Å². The topological polar surface area (TPSA) is 57.0 Å². The molecule has 124 valence electrons. The molecule has 0 unspecified atom stereocenters. The lowest BCUT2D eigenvalue weighted by atomic mass is 10.0. The van der Waals surface area contributed by atoms with E-state index in [1.54, 1.807) is 17.0 Å². The average Bonchev–Trinajstić information content (AvgIpc) is 3.32. The third kappa shape index (κ3) is 2.76. The Hall–Kier alpha value is -1.82. The first-order chi connectivity index (χ1) is 11.2. The summed E-state index contributed by atoms with van der Waals surface area (Å²) in [6, 6.07) is 3.40. The summed E-state index contributed by atoms with van der Waals surface area (Å²) in [7, 11) is 0. The second kappa shape index (κ2) is 6.00. The van der Waals surface area contributed by atoms with Crippen LogP contribution in [0.15, 0.2) is 22.8 Å². The van der Waals surface area contributed by atoms with Crippen LogP contribution in [0.25, 0.3) is 0 Å². The van der Waals surface area contributed by atoms with Crippen LogP contribution in [0.2, 0.25) is 0 Å². The highest BCUT2D eigenvalue weighted by molar-refractivity contribution is 5.93. The molecule has 3 aliphatic heterocycles.